The number of benzene rings is 2. The van der Waals surface area contributed by atoms with Gasteiger partial charge in [0.15, 0.2) is 0 Å². The van der Waals surface area contributed by atoms with E-state index < -0.39 is 0 Å². The zero-order valence-corrected chi connectivity index (χ0v) is 13.3. The Morgan fingerprint density at radius 1 is 1.18 bits per heavy atom. The second-order valence-corrected chi connectivity index (χ2v) is 5.23. The normalized spacial score (nSPS) is 12.1. The van der Waals surface area contributed by atoms with E-state index in [9.17, 15) is 4.79 Å². The van der Waals surface area contributed by atoms with E-state index in [0.717, 1.165) is 16.9 Å². The molecule has 0 radical (unpaired) electrons. The molecule has 22 heavy (non-hydrogen) atoms. The third-order valence-electron chi connectivity index (χ3n) is 3.28. The van der Waals surface area contributed by atoms with Gasteiger partial charge in [0.2, 0.25) is 5.91 Å². The number of halogens is 1. The van der Waals surface area contributed by atoms with Crippen molar-refractivity contribution in [2.45, 2.75) is 13.0 Å². The van der Waals surface area contributed by atoms with E-state index in [1.807, 2.05) is 49.4 Å². The number of ether oxygens (including phenoxy) is 1. The number of rotatable bonds is 5. The predicted molar refractivity (Wildman–Crippen MR) is 90.0 cm³/mol. The fraction of sp³-hybridized carbons (Fsp3) is 0.167. The van der Waals surface area contributed by atoms with Gasteiger partial charge in [-0.05, 0) is 30.7 Å². The molecule has 0 spiro atoms. The van der Waals surface area contributed by atoms with E-state index >= 15 is 0 Å². The van der Waals surface area contributed by atoms with Crippen LogP contribution in [0.25, 0.3) is 6.08 Å². The van der Waals surface area contributed by atoms with Gasteiger partial charge in [-0.3, -0.25) is 4.79 Å². The van der Waals surface area contributed by atoms with E-state index in [1.54, 1.807) is 19.3 Å². The Labute approximate surface area is 135 Å². The molecule has 1 amide bonds. The standard InChI is InChI=1S/C18H18ClNO2/c1-13(15-8-4-6-10-17(15)22-2)20-18(21)12-11-14-7-3-5-9-16(14)19/h3-13H,1-2H3,(H,20,21)/b12-11+. The van der Waals surface area contributed by atoms with Gasteiger partial charge >= 0.3 is 0 Å². The average molecular weight is 316 g/mol. The molecule has 1 atom stereocenters. The van der Waals surface area contributed by atoms with E-state index in [1.165, 1.54) is 6.08 Å². The van der Waals surface area contributed by atoms with Crippen molar-refractivity contribution in [1.82, 2.24) is 5.32 Å². The van der Waals surface area contributed by atoms with Gasteiger partial charge in [-0.2, -0.15) is 0 Å². The summed E-state index contributed by atoms with van der Waals surface area (Å²) in [4.78, 5) is 12.0. The van der Waals surface area contributed by atoms with E-state index in [4.69, 9.17) is 16.3 Å². The van der Waals surface area contributed by atoms with Gasteiger partial charge < -0.3 is 10.1 Å². The molecule has 114 valence electrons. The van der Waals surface area contributed by atoms with Crippen molar-refractivity contribution in [1.29, 1.82) is 0 Å². The smallest absolute Gasteiger partial charge is 0.244 e. The topological polar surface area (TPSA) is 38.3 Å². The van der Waals surface area contributed by atoms with Crippen LogP contribution >= 0.6 is 11.6 Å². The molecule has 0 aliphatic heterocycles. The number of hydrogen-bond acceptors (Lipinski definition) is 2. The molecule has 2 aromatic rings. The lowest BCUT2D eigenvalue weighted by molar-refractivity contribution is -0.117. The van der Waals surface area contributed by atoms with E-state index in [0.29, 0.717) is 5.02 Å². The van der Waals surface area contributed by atoms with Gasteiger partial charge in [-0.1, -0.05) is 48.0 Å². The molecule has 0 fully saturated rings. The molecule has 0 aliphatic carbocycles. The maximum atomic E-state index is 12.0. The highest BCUT2D eigenvalue weighted by atomic mass is 35.5. The lowest BCUT2D eigenvalue weighted by Gasteiger charge is -2.16. The molecule has 0 saturated carbocycles. The molecule has 1 N–H and O–H groups in total. The Hall–Kier alpha value is -2.26. The molecule has 2 rings (SSSR count). The molecule has 0 saturated heterocycles. The highest BCUT2D eigenvalue weighted by Gasteiger charge is 2.12. The summed E-state index contributed by atoms with van der Waals surface area (Å²) >= 11 is 6.05. The highest BCUT2D eigenvalue weighted by Crippen LogP contribution is 2.24. The molecule has 0 aliphatic rings. The highest BCUT2D eigenvalue weighted by molar-refractivity contribution is 6.32. The molecular weight excluding hydrogens is 298 g/mol. The van der Waals surface area contributed by atoms with Crippen molar-refractivity contribution in [3.05, 3.63) is 70.8 Å². The first kappa shape index (κ1) is 16.1. The Bertz CT molecular complexity index is 682. The first-order valence-corrected chi connectivity index (χ1v) is 7.35. The van der Waals surface area contributed by atoms with E-state index in [2.05, 4.69) is 5.32 Å². The predicted octanol–water partition coefficient (Wildman–Crippen LogP) is 4.24. The quantitative estimate of drug-likeness (QED) is 0.838. The van der Waals surface area contributed by atoms with Crippen LogP contribution in [0.15, 0.2) is 54.6 Å². The minimum Gasteiger partial charge on any atom is -0.496 e. The van der Waals surface area contributed by atoms with Crippen LogP contribution in [0.5, 0.6) is 5.75 Å². The minimum absolute atomic E-state index is 0.153. The number of methoxy groups -OCH3 is 1. The molecule has 0 bridgehead atoms. The Morgan fingerprint density at radius 2 is 1.86 bits per heavy atom. The Morgan fingerprint density at radius 3 is 2.59 bits per heavy atom. The molecule has 0 aromatic heterocycles. The summed E-state index contributed by atoms with van der Waals surface area (Å²) in [6.45, 7) is 1.92. The van der Waals surface area contributed by atoms with Crippen LogP contribution in [0.4, 0.5) is 0 Å². The van der Waals surface area contributed by atoms with Gasteiger partial charge in [0.1, 0.15) is 5.75 Å². The number of para-hydroxylation sites is 1. The third kappa shape index (κ3) is 4.12. The molecule has 4 heteroatoms. The number of amides is 1. The van der Waals surface area contributed by atoms with E-state index in [-0.39, 0.29) is 11.9 Å². The van der Waals surface area contributed by atoms with Crippen molar-refractivity contribution in [2.75, 3.05) is 7.11 Å². The van der Waals surface area contributed by atoms with Crippen molar-refractivity contribution in [2.24, 2.45) is 0 Å². The van der Waals surface area contributed by atoms with Crippen LogP contribution in [0.2, 0.25) is 5.02 Å². The minimum atomic E-state index is -0.182. The second-order valence-electron chi connectivity index (χ2n) is 4.83. The number of nitrogens with one attached hydrogen (secondary N) is 1. The van der Waals surface area contributed by atoms with Crippen molar-refractivity contribution < 1.29 is 9.53 Å². The summed E-state index contributed by atoms with van der Waals surface area (Å²) in [5.74, 6) is 0.573. The second kappa shape index (κ2) is 7.66. The summed E-state index contributed by atoms with van der Waals surface area (Å²) in [6.07, 6.45) is 3.18. The summed E-state index contributed by atoms with van der Waals surface area (Å²) in [5.41, 5.74) is 1.74. The van der Waals surface area contributed by atoms with Crippen LogP contribution in [0, 0.1) is 0 Å². The van der Waals surface area contributed by atoms with Gasteiger partial charge in [-0.25, -0.2) is 0 Å². The average Bonchev–Trinajstić information content (AvgIpc) is 2.54. The maximum absolute atomic E-state index is 12.0. The summed E-state index contributed by atoms with van der Waals surface area (Å²) in [6, 6.07) is 14.8. The summed E-state index contributed by atoms with van der Waals surface area (Å²) in [5, 5.41) is 3.53. The largest absolute Gasteiger partial charge is 0.496 e. The Kier molecular flexibility index (Phi) is 5.61. The first-order valence-electron chi connectivity index (χ1n) is 6.98. The van der Waals surface area contributed by atoms with Crippen molar-refractivity contribution in [3.8, 4) is 5.75 Å². The molecule has 2 aromatic carbocycles. The SMILES string of the molecule is COc1ccccc1C(C)NC(=O)/C=C/c1ccccc1Cl. The maximum Gasteiger partial charge on any atom is 0.244 e. The van der Waals surface area contributed by atoms with Gasteiger partial charge in [0, 0.05) is 16.7 Å². The van der Waals surface area contributed by atoms with Gasteiger partial charge in [0.05, 0.1) is 13.2 Å². The summed E-state index contributed by atoms with van der Waals surface area (Å²) < 4.78 is 5.31. The fourth-order valence-corrected chi connectivity index (χ4v) is 2.34. The van der Waals surface area contributed by atoms with Crippen molar-refractivity contribution in [3.63, 3.8) is 0 Å². The van der Waals surface area contributed by atoms with Gasteiger partial charge in [0.25, 0.3) is 0 Å². The van der Waals surface area contributed by atoms with Crippen LogP contribution in [-0.2, 0) is 4.79 Å². The number of hydrogen-bond donors (Lipinski definition) is 1. The zero-order chi connectivity index (χ0) is 15.9. The van der Waals surface area contributed by atoms with Crippen LogP contribution in [-0.4, -0.2) is 13.0 Å². The molecule has 0 heterocycles. The van der Waals surface area contributed by atoms with Crippen molar-refractivity contribution >= 4 is 23.6 Å². The van der Waals surface area contributed by atoms with Crippen LogP contribution in [0.1, 0.15) is 24.1 Å². The zero-order valence-electron chi connectivity index (χ0n) is 12.5. The van der Waals surface area contributed by atoms with Crippen LogP contribution < -0.4 is 10.1 Å². The summed E-state index contributed by atoms with van der Waals surface area (Å²) in [7, 11) is 1.62. The molecule has 3 nitrogen and oxygen atoms in total. The lowest BCUT2D eigenvalue weighted by atomic mass is 10.1. The molecule has 1 unspecified atom stereocenters. The number of carbonyl (C=O) groups is 1. The Balaban J connectivity index is 2.04. The third-order valence-corrected chi connectivity index (χ3v) is 3.63. The number of carbonyl (C=O) groups excluding carboxylic acids is 1. The molecular formula is C18H18ClNO2. The van der Waals surface area contributed by atoms with Gasteiger partial charge in [-0.15, -0.1) is 0 Å². The van der Waals surface area contributed by atoms with Crippen LogP contribution in [0.3, 0.4) is 0 Å². The first-order chi connectivity index (χ1) is 10.6. The lowest BCUT2D eigenvalue weighted by Crippen LogP contribution is -2.24. The fourth-order valence-electron chi connectivity index (χ4n) is 2.14. The monoisotopic (exact) mass is 315 g/mol.